The van der Waals surface area contributed by atoms with Gasteiger partial charge in [0.2, 0.25) is 0 Å². The fraction of sp³-hybridized carbons (Fsp3) is 0.750. The highest BCUT2D eigenvalue weighted by atomic mass is 127. The highest BCUT2D eigenvalue weighted by Crippen LogP contribution is 2.12. The van der Waals surface area contributed by atoms with Crippen LogP contribution < -0.4 is 10.6 Å². The summed E-state index contributed by atoms with van der Waals surface area (Å²) in [5.41, 5.74) is 1.75. The average molecular weight is 520 g/mol. The quantitative estimate of drug-likeness (QED) is 0.261. The zero-order chi connectivity index (χ0) is 20.7. The molecule has 1 aliphatic rings. The molecule has 2 N–H and O–H groups in total. The van der Waals surface area contributed by atoms with Gasteiger partial charge < -0.3 is 20.3 Å². The molecule has 29 heavy (non-hydrogen) atoms. The summed E-state index contributed by atoms with van der Waals surface area (Å²) in [6.45, 7) is 15.8. The number of aryl methyl sites for hydroxylation is 3. The van der Waals surface area contributed by atoms with Gasteiger partial charge in [0.1, 0.15) is 5.60 Å². The van der Waals surface area contributed by atoms with Crippen LogP contribution in [0.25, 0.3) is 0 Å². The molecule has 0 radical (unpaired) electrons. The van der Waals surface area contributed by atoms with Crippen LogP contribution in [0.5, 0.6) is 0 Å². The molecule has 8 nitrogen and oxygen atoms in total. The van der Waals surface area contributed by atoms with Crippen molar-refractivity contribution in [2.24, 2.45) is 4.99 Å². The predicted molar refractivity (Wildman–Crippen MR) is 127 cm³/mol. The van der Waals surface area contributed by atoms with Gasteiger partial charge in [-0.1, -0.05) is 0 Å². The number of nitrogens with one attached hydrogen (secondary N) is 2. The minimum Gasteiger partial charge on any atom is -0.444 e. The van der Waals surface area contributed by atoms with Crippen LogP contribution in [0.2, 0.25) is 0 Å². The second-order valence-electron chi connectivity index (χ2n) is 8.32. The third kappa shape index (κ3) is 8.79. The summed E-state index contributed by atoms with van der Waals surface area (Å²) in [5, 5.41) is 10.8. The Kier molecular flexibility index (Phi) is 10.2. The summed E-state index contributed by atoms with van der Waals surface area (Å²) >= 11 is 0. The van der Waals surface area contributed by atoms with E-state index in [-0.39, 0.29) is 36.1 Å². The second-order valence-corrected chi connectivity index (χ2v) is 8.32. The van der Waals surface area contributed by atoms with Gasteiger partial charge in [-0.25, -0.2) is 4.79 Å². The normalized spacial score (nSPS) is 17.1. The van der Waals surface area contributed by atoms with Gasteiger partial charge >= 0.3 is 6.09 Å². The lowest BCUT2D eigenvalue weighted by atomic mass is 10.2. The summed E-state index contributed by atoms with van der Waals surface area (Å²) < 4.78 is 7.39. The molecule has 0 bridgehead atoms. The molecule has 1 aromatic rings. The molecule has 0 saturated carbocycles. The first kappa shape index (κ1) is 25.5. The van der Waals surface area contributed by atoms with E-state index in [0.717, 1.165) is 57.2 Å². The van der Waals surface area contributed by atoms with Crippen LogP contribution >= 0.6 is 24.0 Å². The molecule has 166 valence electrons. The number of halogens is 1. The third-order valence-corrected chi connectivity index (χ3v) is 4.44. The van der Waals surface area contributed by atoms with Gasteiger partial charge in [-0.3, -0.25) is 9.67 Å². The van der Waals surface area contributed by atoms with Crippen LogP contribution in [0.15, 0.2) is 11.1 Å². The maximum absolute atomic E-state index is 12.0. The lowest BCUT2D eigenvalue weighted by Gasteiger charge is -2.23. The number of guanidine groups is 1. The monoisotopic (exact) mass is 520 g/mol. The number of ether oxygens (including phenoxy) is 1. The van der Waals surface area contributed by atoms with Crippen molar-refractivity contribution in [1.29, 1.82) is 0 Å². The Morgan fingerprint density at radius 2 is 2.10 bits per heavy atom. The van der Waals surface area contributed by atoms with Crippen molar-refractivity contribution in [3.05, 3.63) is 17.5 Å². The highest BCUT2D eigenvalue weighted by molar-refractivity contribution is 14.0. The maximum atomic E-state index is 12.0. The first-order valence-electron chi connectivity index (χ1n) is 10.2. The van der Waals surface area contributed by atoms with E-state index >= 15 is 0 Å². The van der Waals surface area contributed by atoms with E-state index < -0.39 is 5.60 Å². The summed E-state index contributed by atoms with van der Waals surface area (Å²) in [7, 11) is 0. The highest BCUT2D eigenvalue weighted by Gasteiger charge is 2.27. The number of likely N-dealkylation sites (tertiary alicyclic amines) is 1. The van der Waals surface area contributed by atoms with Crippen molar-refractivity contribution in [2.75, 3.05) is 26.2 Å². The number of hydrogen-bond acceptors (Lipinski definition) is 4. The zero-order valence-electron chi connectivity index (χ0n) is 18.6. The number of carbonyl (C=O) groups excluding carboxylic acids is 1. The largest absolute Gasteiger partial charge is 0.444 e. The molecule has 0 aliphatic carbocycles. The smallest absolute Gasteiger partial charge is 0.407 e. The summed E-state index contributed by atoms with van der Waals surface area (Å²) in [6, 6.07) is 2.17. The van der Waals surface area contributed by atoms with Crippen molar-refractivity contribution in [3.8, 4) is 0 Å². The van der Waals surface area contributed by atoms with E-state index in [1.165, 1.54) is 5.69 Å². The molecule has 0 aromatic carbocycles. The molecule has 1 unspecified atom stereocenters. The number of amides is 1. The Balaban J connectivity index is 0.00000420. The lowest BCUT2D eigenvalue weighted by molar-refractivity contribution is 0.0507. The first-order valence-corrected chi connectivity index (χ1v) is 10.2. The van der Waals surface area contributed by atoms with Crippen LogP contribution in [-0.2, 0) is 11.3 Å². The number of hydrogen-bond donors (Lipinski definition) is 2. The van der Waals surface area contributed by atoms with Gasteiger partial charge in [0.15, 0.2) is 5.96 Å². The van der Waals surface area contributed by atoms with Gasteiger partial charge in [-0.05, 0) is 60.5 Å². The van der Waals surface area contributed by atoms with Crippen LogP contribution in [-0.4, -0.2) is 64.6 Å². The van der Waals surface area contributed by atoms with Crippen molar-refractivity contribution >= 4 is 36.0 Å². The number of nitrogens with zero attached hydrogens (tertiary/aromatic N) is 4. The van der Waals surface area contributed by atoms with Crippen molar-refractivity contribution < 1.29 is 9.53 Å². The molecule has 1 atom stereocenters. The van der Waals surface area contributed by atoms with Crippen LogP contribution in [0, 0.1) is 13.8 Å². The Morgan fingerprint density at radius 3 is 2.69 bits per heavy atom. The summed E-state index contributed by atoms with van der Waals surface area (Å²) in [4.78, 5) is 19.0. The minimum atomic E-state index is -0.482. The van der Waals surface area contributed by atoms with Gasteiger partial charge in [0.25, 0.3) is 0 Å². The molecule has 1 fully saturated rings. The molecule has 9 heteroatoms. The summed E-state index contributed by atoms with van der Waals surface area (Å²) in [6.07, 6.45) is 1.46. The molecule has 0 spiro atoms. The number of rotatable bonds is 6. The standard InChI is InChI=1S/C20H36N6O2.HI/c1-7-21-18(22-10-8-11-26-16(3)13-15(2)24-26)25-12-9-17(14-25)23-19(27)28-20(4,5)6;/h13,17H,7-12,14H2,1-6H3,(H,21,22)(H,23,27);1H. The Bertz CT molecular complexity index is 683. The van der Waals surface area contributed by atoms with E-state index in [2.05, 4.69) is 40.5 Å². The second kappa shape index (κ2) is 11.6. The molecule has 1 saturated heterocycles. The average Bonchev–Trinajstić information content (AvgIpc) is 3.14. The van der Waals surface area contributed by atoms with Crippen molar-refractivity contribution in [2.45, 2.75) is 72.6 Å². The molecule has 1 amide bonds. The fourth-order valence-corrected chi connectivity index (χ4v) is 3.28. The van der Waals surface area contributed by atoms with E-state index in [4.69, 9.17) is 9.73 Å². The van der Waals surface area contributed by atoms with Gasteiger partial charge in [0.05, 0.1) is 11.7 Å². The van der Waals surface area contributed by atoms with Gasteiger partial charge in [-0.2, -0.15) is 5.10 Å². The number of aliphatic imine (C=N–C) groups is 1. The number of carbonyl (C=O) groups is 1. The van der Waals surface area contributed by atoms with Crippen molar-refractivity contribution in [1.82, 2.24) is 25.3 Å². The van der Waals surface area contributed by atoms with Gasteiger partial charge in [-0.15, -0.1) is 24.0 Å². The van der Waals surface area contributed by atoms with Crippen LogP contribution in [0.4, 0.5) is 4.79 Å². The zero-order valence-corrected chi connectivity index (χ0v) is 20.9. The fourth-order valence-electron chi connectivity index (χ4n) is 3.28. The molecular formula is C20H37IN6O2. The summed E-state index contributed by atoms with van der Waals surface area (Å²) in [5.74, 6) is 0.907. The van der Waals surface area contributed by atoms with Crippen LogP contribution in [0.1, 0.15) is 51.9 Å². The third-order valence-electron chi connectivity index (χ3n) is 4.44. The van der Waals surface area contributed by atoms with E-state index in [1.807, 2.05) is 32.4 Å². The Morgan fingerprint density at radius 1 is 1.38 bits per heavy atom. The molecule has 2 rings (SSSR count). The number of alkyl carbamates (subject to hydrolysis) is 1. The molecule has 1 aromatic heterocycles. The topological polar surface area (TPSA) is 83.8 Å². The Labute approximate surface area is 191 Å². The van der Waals surface area contributed by atoms with Gasteiger partial charge in [0, 0.05) is 38.4 Å². The van der Waals surface area contributed by atoms with E-state index in [9.17, 15) is 4.79 Å². The van der Waals surface area contributed by atoms with Crippen molar-refractivity contribution in [3.63, 3.8) is 0 Å². The van der Waals surface area contributed by atoms with E-state index in [0.29, 0.717) is 0 Å². The maximum Gasteiger partial charge on any atom is 0.407 e. The minimum absolute atomic E-state index is 0. The molecule has 2 heterocycles. The molecular weight excluding hydrogens is 483 g/mol. The number of aromatic nitrogens is 2. The first-order chi connectivity index (χ1) is 13.2. The SMILES string of the molecule is CCNC(=NCCCn1nc(C)cc1C)N1CCC(NC(=O)OC(C)(C)C)C1.I. The predicted octanol–water partition coefficient (Wildman–Crippen LogP) is 3.07. The Hall–Kier alpha value is -1.52. The lowest BCUT2D eigenvalue weighted by Crippen LogP contribution is -2.44. The van der Waals surface area contributed by atoms with E-state index in [1.54, 1.807) is 0 Å². The molecule has 1 aliphatic heterocycles. The van der Waals surface area contributed by atoms with Crippen LogP contribution in [0.3, 0.4) is 0 Å².